The fraction of sp³-hybridized carbons (Fsp3) is 0.273. The zero-order valence-corrected chi connectivity index (χ0v) is 9.14. The Balaban J connectivity index is 3.76. The van der Waals surface area contributed by atoms with Crippen molar-refractivity contribution in [1.82, 2.24) is 0 Å². The molecule has 0 fully saturated rings. The van der Waals surface area contributed by atoms with E-state index in [4.69, 9.17) is 0 Å². The van der Waals surface area contributed by atoms with E-state index in [1.807, 2.05) is 0 Å². The topological polar surface area (TPSA) is 86.7 Å². The van der Waals surface area contributed by atoms with E-state index in [-0.39, 0.29) is 19.3 Å². The molecule has 92 valence electrons. The third-order valence-electron chi connectivity index (χ3n) is 1.52. The number of esters is 4. The van der Waals surface area contributed by atoms with E-state index in [1.165, 1.54) is 0 Å². The quantitative estimate of drug-likeness (QED) is 0.385. The summed E-state index contributed by atoms with van der Waals surface area (Å²) in [6.45, 7) is 6.23. The number of rotatable bonds is 6. The van der Waals surface area contributed by atoms with Gasteiger partial charge in [-0.15, -0.1) is 0 Å². The smallest absolute Gasteiger partial charge is 0.337 e. The zero-order chi connectivity index (χ0) is 13.3. The molecule has 0 N–H and O–H groups in total. The van der Waals surface area contributed by atoms with Crippen LogP contribution in [0, 0.1) is 0 Å². The second-order valence-corrected chi connectivity index (χ2v) is 2.85. The molecule has 0 aromatic rings. The SMILES string of the molecule is C=CC(=O)OC(=O)CCCC(=O)OC(=O)C=C. The van der Waals surface area contributed by atoms with Gasteiger partial charge in [0, 0.05) is 25.0 Å². The van der Waals surface area contributed by atoms with Crippen LogP contribution in [0.1, 0.15) is 19.3 Å². The Morgan fingerprint density at radius 3 is 1.47 bits per heavy atom. The van der Waals surface area contributed by atoms with Crippen molar-refractivity contribution in [2.24, 2.45) is 0 Å². The summed E-state index contributed by atoms with van der Waals surface area (Å²) in [6, 6.07) is 0. The standard InChI is InChI=1S/C11H12O6/c1-3-8(12)16-10(14)6-5-7-11(15)17-9(13)4-2/h3-4H,1-2,5-7H2. The van der Waals surface area contributed by atoms with Gasteiger partial charge in [0.05, 0.1) is 0 Å². The third kappa shape index (κ3) is 7.66. The molecule has 6 heteroatoms. The van der Waals surface area contributed by atoms with E-state index in [9.17, 15) is 19.2 Å². The molecule has 0 aliphatic rings. The molecule has 0 radical (unpaired) electrons. The number of hydrogen-bond donors (Lipinski definition) is 0. The van der Waals surface area contributed by atoms with E-state index in [0.717, 1.165) is 12.2 Å². The molecule has 17 heavy (non-hydrogen) atoms. The van der Waals surface area contributed by atoms with Crippen LogP contribution in [-0.2, 0) is 28.7 Å². The fourth-order valence-electron chi connectivity index (χ4n) is 0.787. The van der Waals surface area contributed by atoms with Gasteiger partial charge in [-0.2, -0.15) is 0 Å². The summed E-state index contributed by atoms with van der Waals surface area (Å²) in [6.07, 6.45) is 1.57. The van der Waals surface area contributed by atoms with Gasteiger partial charge >= 0.3 is 23.9 Å². The van der Waals surface area contributed by atoms with E-state index in [1.54, 1.807) is 0 Å². The molecule has 0 rings (SSSR count). The molecule has 6 nitrogen and oxygen atoms in total. The van der Waals surface area contributed by atoms with E-state index >= 15 is 0 Å². The number of hydrogen-bond acceptors (Lipinski definition) is 6. The molecule has 0 amide bonds. The van der Waals surface area contributed by atoms with E-state index < -0.39 is 23.9 Å². The van der Waals surface area contributed by atoms with Crippen molar-refractivity contribution in [3.05, 3.63) is 25.3 Å². The number of carbonyl (C=O) groups excluding carboxylic acids is 4. The van der Waals surface area contributed by atoms with Gasteiger partial charge in [-0.1, -0.05) is 13.2 Å². The van der Waals surface area contributed by atoms with Crippen molar-refractivity contribution in [3.63, 3.8) is 0 Å². The molecule has 0 saturated heterocycles. The van der Waals surface area contributed by atoms with Crippen molar-refractivity contribution in [3.8, 4) is 0 Å². The molecule has 0 saturated carbocycles. The predicted molar refractivity (Wildman–Crippen MR) is 56.4 cm³/mol. The van der Waals surface area contributed by atoms with E-state index in [2.05, 4.69) is 22.6 Å². The molecule has 0 aromatic heterocycles. The van der Waals surface area contributed by atoms with Gasteiger partial charge in [-0.3, -0.25) is 9.59 Å². The predicted octanol–water partition coefficient (Wildman–Crippen LogP) is 0.668. The lowest BCUT2D eigenvalue weighted by atomic mass is 10.2. The Morgan fingerprint density at radius 2 is 1.18 bits per heavy atom. The van der Waals surface area contributed by atoms with Crippen LogP contribution >= 0.6 is 0 Å². The van der Waals surface area contributed by atoms with Crippen LogP contribution in [0.25, 0.3) is 0 Å². The van der Waals surface area contributed by atoms with Crippen LogP contribution in [-0.4, -0.2) is 23.9 Å². The van der Waals surface area contributed by atoms with Crippen molar-refractivity contribution < 1.29 is 28.7 Å². The fourth-order valence-corrected chi connectivity index (χ4v) is 0.787. The first-order chi connectivity index (χ1) is 7.99. The lowest BCUT2D eigenvalue weighted by molar-refractivity contribution is -0.156. The summed E-state index contributed by atoms with van der Waals surface area (Å²) in [5, 5.41) is 0. The monoisotopic (exact) mass is 240 g/mol. The van der Waals surface area contributed by atoms with Crippen LogP contribution < -0.4 is 0 Å². The van der Waals surface area contributed by atoms with Crippen LogP contribution in [0.2, 0.25) is 0 Å². The lowest BCUT2D eigenvalue weighted by Gasteiger charge is -2.00. The highest BCUT2D eigenvalue weighted by Crippen LogP contribution is 2.00. The Labute approximate surface area is 97.9 Å². The molecule has 0 unspecified atom stereocenters. The third-order valence-corrected chi connectivity index (χ3v) is 1.52. The molecule has 0 bridgehead atoms. The van der Waals surface area contributed by atoms with Crippen molar-refractivity contribution >= 4 is 23.9 Å². The number of carbonyl (C=O) groups is 4. The first-order valence-electron chi connectivity index (χ1n) is 4.73. The molecular formula is C11H12O6. The van der Waals surface area contributed by atoms with Crippen LogP contribution in [0.3, 0.4) is 0 Å². The Hall–Kier alpha value is -2.24. The molecule has 0 spiro atoms. The maximum atomic E-state index is 10.9. The van der Waals surface area contributed by atoms with Gasteiger partial charge < -0.3 is 9.47 Å². The summed E-state index contributed by atoms with van der Waals surface area (Å²) in [4.78, 5) is 43.1. The number of ether oxygens (including phenoxy) is 2. The highest BCUT2D eigenvalue weighted by Gasteiger charge is 2.11. The second kappa shape index (κ2) is 7.98. The molecular weight excluding hydrogens is 228 g/mol. The average molecular weight is 240 g/mol. The maximum absolute atomic E-state index is 10.9. The van der Waals surface area contributed by atoms with E-state index in [0.29, 0.717) is 0 Å². The van der Waals surface area contributed by atoms with Gasteiger partial charge in [0.2, 0.25) is 0 Å². The molecule has 0 atom stereocenters. The largest absolute Gasteiger partial charge is 0.390 e. The highest BCUT2D eigenvalue weighted by molar-refractivity contribution is 5.92. The first-order valence-corrected chi connectivity index (χ1v) is 4.73. The second-order valence-electron chi connectivity index (χ2n) is 2.85. The minimum Gasteiger partial charge on any atom is -0.390 e. The van der Waals surface area contributed by atoms with Crippen LogP contribution in [0.4, 0.5) is 0 Å². The molecule has 0 aromatic carbocycles. The van der Waals surface area contributed by atoms with Gasteiger partial charge in [0.15, 0.2) is 0 Å². The van der Waals surface area contributed by atoms with Gasteiger partial charge in [0.1, 0.15) is 0 Å². The highest BCUT2D eigenvalue weighted by atomic mass is 16.6. The molecule has 0 aliphatic heterocycles. The minimum absolute atomic E-state index is 0.118. The maximum Gasteiger partial charge on any atom is 0.337 e. The summed E-state index contributed by atoms with van der Waals surface area (Å²) >= 11 is 0. The summed E-state index contributed by atoms with van der Waals surface area (Å²) in [5.74, 6) is -3.23. The van der Waals surface area contributed by atoms with Crippen LogP contribution in [0.15, 0.2) is 25.3 Å². The minimum atomic E-state index is -0.848. The Bertz CT molecular complexity index is 321. The van der Waals surface area contributed by atoms with Gasteiger partial charge in [0.25, 0.3) is 0 Å². The van der Waals surface area contributed by atoms with Crippen molar-refractivity contribution in [2.75, 3.05) is 0 Å². The summed E-state index contributed by atoms with van der Waals surface area (Å²) < 4.78 is 8.50. The summed E-state index contributed by atoms with van der Waals surface area (Å²) in [7, 11) is 0. The first kappa shape index (κ1) is 14.8. The van der Waals surface area contributed by atoms with Crippen molar-refractivity contribution in [2.45, 2.75) is 19.3 Å². The van der Waals surface area contributed by atoms with Gasteiger partial charge in [-0.25, -0.2) is 9.59 Å². The van der Waals surface area contributed by atoms with Crippen LogP contribution in [0.5, 0.6) is 0 Å². The summed E-state index contributed by atoms with van der Waals surface area (Å²) in [5.41, 5.74) is 0. The average Bonchev–Trinajstić information content (AvgIpc) is 2.28. The lowest BCUT2D eigenvalue weighted by Crippen LogP contribution is -2.12. The molecule has 0 heterocycles. The Morgan fingerprint density at radius 1 is 0.824 bits per heavy atom. The molecule has 0 aliphatic carbocycles. The zero-order valence-electron chi connectivity index (χ0n) is 9.14. The van der Waals surface area contributed by atoms with Gasteiger partial charge in [-0.05, 0) is 6.42 Å². The van der Waals surface area contributed by atoms with Crippen molar-refractivity contribution in [1.29, 1.82) is 0 Å². The Kier molecular flexibility index (Phi) is 6.92. The normalized spacial score (nSPS) is 8.94.